The molecule has 50 heavy (non-hydrogen) atoms. The molecular formula is C44H26N4O2. The molecule has 10 aliphatic rings. The van der Waals surface area contributed by atoms with E-state index >= 15 is 0 Å². The van der Waals surface area contributed by atoms with E-state index in [0.29, 0.717) is 0 Å². The van der Waals surface area contributed by atoms with Crippen LogP contribution in [-0.2, 0) is 4.79 Å². The topological polar surface area (TPSA) is 67.0 Å². The zero-order chi connectivity index (χ0) is 32.6. The van der Waals surface area contributed by atoms with Gasteiger partial charge in [-0.1, -0.05) is 97.2 Å². The number of anilines is 1. The minimum absolute atomic E-state index is 0.00293. The molecule has 7 aliphatic carbocycles. The highest BCUT2D eigenvalue weighted by Crippen LogP contribution is 2.62. The second kappa shape index (κ2) is 8.52. The minimum atomic E-state index is -0.316. The molecule has 234 valence electrons. The Morgan fingerprint density at radius 3 is 2.48 bits per heavy atom. The number of carbonyl (C=O) groups excluding carboxylic acids is 1. The Labute approximate surface area is 286 Å². The summed E-state index contributed by atoms with van der Waals surface area (Å²) in [4.78, 5) is 41.4. The van der Waals surface area contributed by atoms with E-state index in [4.69, 9.17) is 9.98 Å². The number of aromatic nitrogens is 1. The molecule has 3 aromatic rings. The summed E-state index contributed by atoms with van der Waals surface area (Å²) in [5.74, 6) is 1.32. The van der Waals surface area contributed by atoms with Crippen LogP contribution >= 0.6 is 0 Å². The minimum Gasteiger partial charge on any atom is -0.273 e. The van der Waals surface area contributed by atoms with Crippen LogP contribution in [0.2, 0.25) is 0 Å². The number of hydrogen-bond donors (Lipinski definition) is 0. The van der Waals surface area contributed by atoms with Gasteiger partial charge in [0.25, 0.3) is 5.56 Å². The zero-order valence-corrected chi connectivity index (χ0v) is 26.6. The summed E-state index contributed by atoms with van der Waals surface area (Å²) in [6.07, 6.45) is 30.2. The molecule has 0 spiro atoms. The summed E-state index contributed by atoms with van der Waals surface area (Å²) >= 11 is 0. The fourth-order valence-electron chi connectivity index (χ4n) is 10.7. The van der Waals surface area contributed by atoms with E-state index < -0.39 is 0 Å². The van der Waals surface area contributed by atoms with Crippen molar-refractivity contribution in [3.63, 3.8) is 0 Å². The van der Waals surface area contributed by atoms with Gasteiger partial charge < -0.3 is 0 Å². The molecule has 6 nitrogen and oxygen atoms in total. The number of rotatable bonds is 0. The highest BCUT2D eigenvalue weighted by atomic mass is 16.2. The van der Waals surface area contributed by atoms with Gasteiger partial charge in [-0.15, -0.1) is 0 Å². The Morgan fingerprint density at radius 2 is 1.54 bits per heavy atom. The summed E-state index contributed by atoms with van der Waals surface area (Å²) in [7, 11) is 0. The van der Waals surface area contributed by atoms with Crippen molar-refractivity contribution in [2.45, 2.75) is 5.92 Å². The number of nitrogens with zero attached hydrogens (tertiary/aromatic N) is 4. The number of amidine groups is 1. The molecular weight excluding hydrogens is 617 g/mol. The van der Waals surface area contributed by atoms with Crippen LogP contribution in [0.4, 0.5) is 17.2 Å². The smallest absolute Gasteiger partial charge is 0.264 e. The van der Waals surface area contributed by atoms with Gasteiger partial charge in [0, 0.05) is 51.5 Å². The largest absolute Gasteiger partial charge is 0.273 e. The van der Waals surface area contributed by atoms with E-state index in [1.54, 1.807) is 0 Å². The first-order valence-electron chi connectivity index (χ1n) is 17.5. The van der Waals surface area contributed by atoms with Crippen LogP contribution < -0.4 is 10.5 Å². The maximum absolute atomic E-state index is 14.6. The van der Waals surface area contributed by atoms with Crippen molar-refractivity contribution in [1.29, 1.82) is 0 Å². The number of aliphatic imine (C=N–C) groups is 2. The van der Waals surface area contributed by atoms with Crippen molar-refractivity contribution in [1.82, 2.24) is 4.57 Å². The van der Waals surface area contributed by atoms with E-state index in [1.807, 2.05) is 27.7 Å². The number of allylic oxidation sites excluding steroid dienone is 16. The molecule has 3 aliphatic heterocycles. The van der Waals surface area contributed by atoms with Crippen LogP contribution in [0.5, 0.6) is 0 Å². The maximum atomic E-state index is 14.6. The first-order valence-corrected chi connectivity index (χ1v) is 17.5. The number of benzene rings is 2. The third-order valence-electron chi connectivity index (χ3n) is 12.6. The Hall–Kier alpha value is -6.14. The Balaban J connectivity index is 1.02. The van der Waals surface area contributed by atoms with E-state index in [1.165, 1.54) is 16.7 Å². The van der Waals surface area contributed by atoms with Crippen molar-refractivity contribution in [3.05, 3.63) is 164 Å². The first-order chi connectivity index (χ1) is 24.7. The van der Waals surface area contributed by atoms with Gasteiger partial charge in [-0.05, 0) is 57.5 Å². The molecule has 13 rings (SSSR count). The standard InChI is InChI=1S/C44H26N4O2/c49-43-29-19-15-25-26-16-20-30-40-28(42-46-32-10-2-6-22-8-4-12-34(36(22)32)48(42)44(30)50)18-14-24(38(26)40)23-13-17-27(39(29)37(23)25)41-45-31-9-1-5-21-7-3-11-33(35(21)31)47(41)43/h1-20,23,25,30,35,37,40H. The Morgan fingerprint density at radius 1 is 0.720 bits per heavy atom. The fourth-order valence-corrected chi connectivity index (χ4v) is 10.7. The first kappa shape index (κ1) is 25.8. The van der Waals surface area contributed by atoms with Crippen molar-refractivity contribution < 1.29 is 4.79 Å². The molecule has 0 radical (unpaired) electrons. The predicted octanol–water partition coefficient (Wildman–Crippen LogP) is 8.05. The lowest BCUT2D eigenvalue weighted by Crippen LogP contribution is -2.53. The Bertz CT molecular complexity index is 2780. The van der Waals surface area contributed by atoms with Crippen molar-refractivity contribution in [3.8, 4) is 0 Å². The summed E-state index contributed by atoms with van der Waals surface area (Å²) in [6.45, 7) is 0. The van der Waals surface area contributed by atoms with Gasteiger partial charge in [-0.2, -0.15) is 0 Å². The number of piperidine rings is 1. The number of hydrogen-bond acceptors (Lipinski definition) is 4. The number of pyridine rings is 1. The lowest BCUT2D eigenvalue weighted by atomic mass is 9.53. The van der Waals surface area contributed by atoms with Gasteiger partial charge in [-0.3, -0.25) is 19.1 Å². The zero-order valence-electron chi connectivity index (χ0n) is 26.6. The summed E-state index contributed by atoms with van der Waals surface area (Å²) < 4.78 is 1.87. The molecule has 6 unspecified atom stereocenters. The summed E-state index contributed by atoms with van der Waals surface area (Å²) in [5, 5.41) is 2.11. The SMILES string of the molecule is O=C1C2C=CC3=C4C(=CC=C(C5=Nc6cccc7cccc(c67)N15)C42)C1C=Cc2c4c(c(=O)n5c2N=C2C=CC=C6C=CC=C5C62)C=CC3C41. The predicted molar refractivity (Wildman–Crippen MR) is 198 cm³/mol. The molecule has 1 saturated heterocycles. The molecule has 0 N–H and O–H groups in total. The molecule has 1 amide bonds. The van der Waals surface area contributed by atoms with Crippen molar-refractivity contribution >= 4 is 63.3 Å². The second-order valence-electron chi connectivity index (χ2n) is 14.7. The summed E-state index contributed by atoms with van der Waals surface area (Å²) in [5.41, 5.74) is 12.7. The maximum Gasteiger partial charge on any atom is 0.264 e. The molecule has 4 heterocycles. The Kier molecular flexibility index (Phi) is 4.40. The number of carbonyl (C=O) groups is 1. The summed E-state index contributed by atoms with van der Waals surface area (Å²) in [6, 6.07) is 12.3. The third kappa shape index (κ3) is 2.80. The number of amides is 1. The van der Waals surface area contributed by atoms with Crippen LogP contribution in [0.25, 0.3) is 28.6 Å². The monoisotopic (exact) mass is 642 g/mol. The van der Waals surface area contributed by atoms with Crippen molar-refractivity contribution in [2.24, 2.45) is 39.6 Å². The van der Waals surface area contributed by atoms with Gasteiger partial charge >= 0.3 is 0 Å². The molecule has 0 saturated carbocycles. The fraction of sp³-hybridized carbons (Fsp3) is 0.136. The molecule has 1 fully saturated rings. The average molecular weight is 643 g/mol. The van der Waals surface area contributed by atoms with Crippen LogP contribution in [0, 0.1) is 29.6 Å². The van der Waals surface area contributed by atoms with Gasteiger partial charge in [-0.25, -0.2) is 9.98 Å². The van der Waals surface area contributed by atoms with Crippen LogP contribution in [0.1, 0.15) is 22.6 Å². The molecule has 1 aromatic heterocycles. The molecule has 6 atom stereocenters. The third-order valence-corrected chi connectivity index (χ3v) is 12.6. The van der Waals surface area contributed by atoms with Gasteiger partial charge in [0.2, 0.25) is 5.91 Å². The molecule has 6 heteroatoms. The van der Waals surface area contributed by atoms with Crippen LogP contribution in [0.15, 0.2) is 152 Å². The van der Waals surface area contributed by atoms with E-state index in [2.05, 4.69) is 103 Å². The van der Waals surface area contributed by atoms with Gasteiger partial charge in [0.1, 0.15) is 11.7 Å². The van der Waals surface area contributed by atoms with E-state index in [0.717, 1.165) is 73.0 Å². The van der Waals surface area contributed by atoms with Crippen LogP contribution in [0.3, 0.4) is 0 Å². The lowest BCUT2D eigenvalue weighted by Gasteiger charge is -2.52. The van der Waals surface area contributed by atoms with Crippen molar-refractivity contribution in [2.75, 3.05) is 4.90 Å². The van der Waals surface area contributed by atoms with E-state index in [9.17, 15) is 9.59 Å². The van der Waals surface area contributed by atoms with E-state index in [-0.39, 0.29) is 47.0 Å². The normalized spacial score (nSPS) is 29.9. The van der Waals surface area contributed by atoms with Crippen LogP contribution in [-0.4, -0.2) is 22.0 Å². The number of fused-ring (bicyclic) bond motifs is 8. The quantitative estimate of drug-likeness (QED) is 0.249. The average Bonchev–Trinajstić information content (AvgIpc) is 3.15. The highest BCUT2D eigenvalue weighted by molar-refractivity contribution is 6.33. The lowest BCUT2D eigenvalue weighted by molar-refractivity contribution is -0.121. The van der Waals surface area contributed by atoms with Gasteiger partial charge in [0.05, 0.1) is 28.9 Å². The van der Waals surface area contributed by atoms with Gasteiger partial charge in [0.15, 0.2) is 0 Å². The second-order valence-corrected chi connectivity index (χ2v) is 14.7. The highest BCUT2D eigenvalue weighted by Gasteiger charge is 2.54. The molecule has 0 bridgehead atoms. The molecule has 2 aromatic carbocycles.